The molecule has 4 heteroatoms. The monoisotopic (exact) mass is 220 g/mol. The van der Waals surface area contributed by atoms with Gasteiger partial charge in [-0.25, -0.2) is 0 Å². The average molecular weight is 220 g/mol. The number of nitrogens with zero attached hydrogens (tertiary/aromatic N) is 2. The number of hydrogen-bond acceptors (Lipinski definition) is 3. The van der Waals surface area contributed by atoms with E-state index >= 15 is 0 Å². The molecule has 16 heavy (non-hydrogen) atoms. The SMILES string of the molecule is C=C(C)[C@H]1CN(C(C)=O)[C@H](C=O)[C@H]1CC#N. The van der Waals surface area contributed by atoms with Crippen molar-refractivity contribution in [2.45, 2.75) is 26.3 Å². The molecule has 1 amide bonds. The van der Waals surface area contributed by atoms with Gasteiger partial charge in [0.1, 0.15) is 6.29 Å². The molecule has 1 saturated heterocycles. The zero-order valence-corrected chi connectivity index (χ0v) is 9.64. The quantitative estimate of drug-likeness (QED) is 0.529. The average Bonchev–Trinajstić information content (AvgIpc) is 2.57. The lowest BCUT2D eigenvalue weighted by atomic mass is 9.85. The summed E-state index contributed by atoms with van der Waals surface area (Å²) in [5, 5.41) is 8.77. The Hall–Kier alpha value is -1.63. The molecular formula is C12H16N2O2. The molecule has 1 fully saturated rings. The van der Waals surface area contributed by atoms with E-state index in [9.17, 15) is 9.59 Å². The number of carbonyl (C=O) groups is 2. The van der Waals surface area contributed by atoms with Crippen LogP contribution in [-0.2, 0) is 9.59 Å². The fourth-order valence-electron chi connectivity index (χ4n) is 2.34. The third kappa shape index (κ3) is 2.13. The minimum atomic E-state index is -0.473. The summed E-state index contributed by atoms with van der Waals surface area (Å²) in [4.78, 5) is 24.0. The van der Waals surface area contributed by atoms with Gasteiger partial charge in [0, 0.05) is 31.7 Å². The van der Waals surface area contributed by atoms with E-state index in [-0.39, 0.29) is 24.2 Å². The van der Waals surface area contributed by atoms with Gasteiger partial charge in [-0.2, -0.15) is 5.26 Å². The lowest BCUT2D eigenvalue weighted by Crippen LogP contribution is -2.37. The molecule has 0 aromatic heterocycles. The number of amides is 1. The first kappa shape index (κ1) is 12.4. The Bertz CT molecular complexity index is 357. The molecule has 4 nitrogen and oxygen atoms in total. The highest BCUT2D eigenvalue weighted by atomic mass is 16.2. The molecule has 0 aromatic rings. The third-order valence-corrected chi connectivity index (χ3v) is 3.21. The van der Waals surface area contributed by atoms with Crippen LogP contribution in [0.25, 0.3) is 0 Å². The molecule has 86 valence electrons. The molecule has 0 aromatic carbocycles. The largest absolute Gasteiger partial charge is 0.332 e. The van der Waals surface area contributed by atoms with E-state index in [0.717, 1.165) is 11.9 Å². The molecule has 0 radical (unpaired) electrons. The maximum absolute atomic E-state index is 11.4. The Balaban J connectivity index is 2.99. The normalized spacial score (nSPS) is 28.6. The lowest BCUT2D eigenvalue weighted by molar-refractivity contribution is -0.133. The Kier molecular flexibility index (Phi) is 3.83. The predicted molar refractivity (Wildman–Crippen MR) is 59.3 cm³/mol. The molecule has 1 rings (SSSR count). The van der Waals surface area contributed by atoms with Gasteiger partial charge in [0.25, 0.3) is 0 Å². The molecule has 0 unspecified atom stereocenters. The van der Waals surface area contributed by atoms with Crippen molar-refractivity contribution in [1.29, 1.82) is 5.26 Å². The second-order valence-electron chi connectivity index (χ2n) is 4.28. The Morgan fingerprint density at radius 2 is 2.25 bits per heavy atom. The number of rotatable bonds is 3. The van der Waals surface area contributed by atoms with Crippen LogP contribution in [0, 0.1) is 23.2 Å². The van der Waals surface area contributed by atoms with Crippen molar-refractivity contribution in [1.82, 2.24) is 4.90 Å². The first-order valence-electron chi connectivity index (χ1n) is 5.27. The Morgan fingerprint density at radius 1 is 1.62 bits per heavy atom. The van der Waals surface area contributed by atoms with Crippen LogP contribution in [0.3, 0.4) is 0 Å². The zero-order chi connectivity index (χ0) is 12.3. The number of hydrogen-bond donors (Lipinski definition) is 0. The molecule has 0 spiro atoms. The highest BCUT2D eigenvalue weighted by molar-refractivity contribution is 5.78. The lowest BCUT2D eigenvalue weighted by Gasteiger charge is -2.20. The number of likely N-dealkylation sites (tertiary alicyclic amines) is 1. The molecule has 0 aliphatic carbocycles. The van der Waals surface area contributed by atoms with E-state index in [0.29, 0.717) is 6.54 Å². The van der Waals surface area contributed by atoms with Crippen molar-refractivity contribution in [3.8, 4) is 6.07 Å². The van der Waals surface area contributed by atoms with Crippen LogP contribution in [-0.4, -0.2) is 29.7 Å². The van der Waals surface area contributed by atoms with Gasteiger partial charge in [0.05, 0.1) is 12.1 Å². The molecule has 0 N–H and O–H groups in total. The van der Waals surface area contributed by atoms with Crippen LogP contribution < -0.4 is 0 Å². The number of aldehydes is 1. The summed E-state index contributed by atoms with van der Waals surface area (Å²) < 4.78 is 0. The van der Waals surface area contributed by atoms with E-state index in [4.69, 9.17) is 5.26 Å². The molecule has 1 aliphatic rings. The highest BCUT2D eigenvalue weighted by Gasteiger charge is 2.42. The fourth-order valence-corrected chi connectivity index (χ4v) is 2.34. The van der Waals surface area contributed by atoms with Crippen molar-refractivity contribution in [3.63, 3.8) is 0 Å². The highest BCUT2D eigenvalue weighted by Crippen LogP contribution is 2.35. The van der Waals surface area contributed by atoms with Gasteiger partial charge in [0.2, 0.25) is 5.91 Å². The van der Waals surface area contributed by atoms with Gasteiger partial charge in [0.15, 0.2) is 0 Å². The first-order valence-corrected chi connectivity index (χ1v) is 5.27. The maximum atomic E-state index is 11.4. The van der Waals surface area contributed by atoms with Crippen LogP contribution in [0.2, 0.25) is 0 Å². The Morgan fingerprint density at radius 3 is 2.62 bits per heavy atom. The summed E-state index contributed by atoms with van der Waals surface area (Å²) >= 11 is 0. The van der Waals surface area contributed by atoms with Gasteiger partial charge in [-0.05, 0) is 6.92 Å². The minimum absolute atomic E-state index is 0.0544. The van der Waals surface area contributed by atoms with Crippen LogP contribution >= 0.6 is 0 Å². The minimum Gasteiger partial charge on any atom is -0.332 e. The smallest absolute Gasteiger partial charge is 0.220 e. The van der Waals surface area contributed by atoms with Gasteiger partial charge >= 0.3 is 0 Å². The molecule has 0 saturated carbocycles. The van der Waals surface area contributed by atoms with Crippen LogP contribution in [0.5, 0.6) is 0 Å². The summed E-state index contributed by atoms with van der Waals surface area (Å²) in [6, 6.07) is 1.61. The van der Waals surface area contributed by atoms with Crippen molar-refractivity contribution in [3.05, 3.63) is 12.2 Å². The number of nitriles is 1. The molecule has 0 bridgehead atoms. The van der Waals surface area contributed by atoms with E-state index in [1.807, 2.05) is 6.92 Å². The molecule has 3 atom stereocenters. The summed E-state index contributed by atoms with van der Waals surface area (Å²) in [6.07, 6.45) is 1.05. The fraction of sp³-hybridized carbons (Fsp3) is 0.583. The van der Waals surface area contributed by atoms with E-state index in [2.05, 4.69) is 12.6 Å². The second-order valence-corrected chi connectivity index (χ2v) is 4.28. The topological polar surface area (TPSA) is 61.2 Å². The maximum Gasteiger partial charge on any atom is 0.220 e. The molecule has 1 heterocycles. The molecule has 1 aliphatic heterocycles. The third-order valence-electron chi connectivity index (χ3n) is 3.21. The van der Waals surface area contributed by atoms with Crippen LogP contribution in [0.4, 0.5) is 0 Å². The van der Waals surface area contributed by atoms with Gasteiger partial charge in [-0.15, -0.1) is 0 Å². The standard InChI is InChI=1S/C12H16N2O2/c1-8(2)11-6-14(9(3)16)12(7-15)10(11)4-5-13/h7,10-12H,1,4,6H2,2-3H3/t10-,11+,12+/m0/s1. The van der Waals surface area contributed by atoms with Crippen molar-refractivity contribution in [2.75, 3.05) is 6.54 Å². The summed E-state index contributed by atoms with van der Waals surface area (Å²) in [6.45, 7) is 7.69. The summed E-state index contributed by atoms with van der Waals surface area (Å²) in [5.74, 6) is -0.175. The number of carbonyl (C=O) groups excluding carboxylic acids is 2. The second kappa shape index (κ2) is 4.93. The van der Waals surface area contributed by atoms with Crippen molar-refractivity contribution < 1.29 is 9.59 Å². The summed E-state index contributed by atoms with van der Waals surface area (Å²) in [5.41, 5.74) is 0.927. The van der Waals surface area contributed by atoms with Gasteiger partial charge in [-0.1, -0.05) is 12.2 Å². The van der Waals surface area contributed by atoms with Gasteiger partial charge in [-0.3, -0.25) is 4.79 Å². The van der Waals surface area contributed by atoms with E-state index in [1.165, 1.54) is 11.8 Å². The first-order chi connectivity index (χ1) is 7.52. The summed E-state index contributed by atoms with van der Waals surface area (Å²) in [7, 11) is 0. The zero-order valence-electron chi connectivity index (χ0n) is 9.64. The van der Waals surface area contributed by atoms with E-state index in [1.54, 1.807) is 0 Å². The van der Waals surface area contributed by atoms with Crippen molar-refractivity contribution >= 4 is 12.2 Å². The van der Waals surface area contributed by atoms with E-state index < -0.39 is 6.04 Å². The van der Waals surface area contributed by atoms with Crippen LogP contribution in [0.1, 0.15) is 20.3 Å². The van der Waals surface area contributed by atoms with Gasteiger partial charge < -0.3 is 9.69 Å². The Labute approximate surface area is 95.5 Å². The molecular weight excluding hydrogens is 204 g/mol. The van der Waals surface area contributed by atoms with Crippen LogP contribution in [0.15, 0.2) is 12.2 Å². The predicted octanol–water partition coefficient (Wildman–Crippen LogP) is 1.14. The van der Waals surface area contributed by atoms with Crippen molar-refractivity contribution in [2.24, 2.45) is 11.8 Å².